The minimum Gasteiger partial charge on any atom is -0.330 e. The first-order chi connectivity index (χ1) is 9.18. The topological polar surface area (TPSA) is 29.3 Å². The van der Waals surface area contributed by atoms with E-state index in [2.05, 4.69) is 61.5 Å². The van der Waals surface area contributed by atoms with Crippen molar-refractivity contribution in [1.82, 2.24) is 4.90 Å². The molecule has 100 valence electrons. The zero-order valence-corrected chi connectivity index (χ0v) is 11.8. The summed E-state index contributed by atoms with van der Waals surface area (Å²) in [6.45, 7) is 0.777. The predicted molar refractivity (Wildman–Crippen MR) is 81.1 cm³/mol. The first-order valence-corrected chi connectivity index (χ1v) is 7.02. The standard InChI is InChI=1S/C17H22N2/c1-19(2)16(17(12-18)10-11-17)15-9-5-7-13-6-3-4-8-14(13)15/h3-9,16H,10-12,18H2,1-2H3. The van der Waals surface area contributed by atoms with E-state index in [4.69, 9.17) is 5.73 Å². The summed E-state index contributed by atoms with van der Waals surface area (Å²) in [6, 6.07) is 15.7. The van der Waals surface area contributed by atoms with Gasteiger partial charge in [-0.15, -0.1) is 0 Å². The van der Waals surface area contributed by atoms with Gasteiger partial charge in [-0.05, 0) is 49.8 Å². The van der Waals surface area contributed by atoms with Crippen molar-refractivity contribution in [3.63, 3.8) is 0 Å². The maximum absolute atomic E-state index is 6.06. The predicted octanol–water partition coefficient (Wildman–Crippen LogP) is 3.18. The molecule has 0 aromatic heterocycles. The van der Waals surface area contributed by atoms with Crippen LogP contribution in [0.2, 0.25) is 0 Å². The molecule has 19 heavy (non-hydrogen) atoms. The Morgan fingerprint density at radius 1 is 1.11 bits per heavy atom. The molecule has 0 heterocycles. The van der Waals surface area contributed by atoms with Crippen LogP contribution >= 0.6 is 0 Å². The van der Waals surface area contributed by atoms with Crippen LogP contribution < -0.4 is 5.73 Å². The Morgan fingerprint density at radius 3 is 2.42 bits per heavy atom. The van der Waals surface area contributed by atoms with Crippen LogP contribution in [0.25, 0.3) is 10.8 Å². The smallest absolute Gasteiger partial charge is 0.0416 e. The van der Waals surface area contributed by atoms with Crippen molar-refractivity contribution in [2.45, 2.75) is 18.9 Å². The molecule has 0 bridgehead atoms. The second-order valence-corrected chi connectivity index (χ2v) is 6.00. The quantitative estimate of drug-likeness (QED) is 0.908. The second kappa shape index (κ2) is 4.62. The van der Waals surface area contributed by atoms with Gasteiger partial charge in [0, 0.05) is 11.5 Å². The largest absolute Gasteiger partial charge is 0.330 e. The molecule has 2 aromatic carbocycles. The van der Waals surface area contributed by atoms with Gasteiger partial charge in [-0.2, -0.15) is 0 Å². The number of nitrogens with two attached hydrogens (primary N) is 1. The molecule has 2 N–H and O–H groups in total. The molecule has 1 unspecified atom stereocenters. The van der Waals surface area contributed by atoms with Crippen LogP contribution in [0.1, 0.15) is 24.4 Å². The van der Waals surface area contributed by atoms with Gasteiger partial charge in [0.25, 0.3) is 0 Å². The lowest BCUT2D eigenvalue weighted by Crippen LogP contribution is -2.33. The SMILES string of the molecule is CN(C)C(c1cccc2ccccc12)C1(CN)CC1. The molecular formula is C17H22N2. The van der Waals surface area contributed by atoms with Gasteiger partial charge in [0.1, 0.15) is 0 Å². The molecule has 0 amide bonds. The van der Waals surface area contributed by atoms with Crippen LogP contribution in [0.5, 0.6) is 0 Å². The van der Waals surface area contributed by atoms with Crippen molar-refractivity contribution in [2.24, 2.45) is 11.1 Å². The fourth-order valence-corrected chi connectivity index (χ4v) is 3.39. The average Bonchev–Trinajstić information content (AvgIpc) is 3.20. The van der Waals surface area contributed by atoms with E-state index in [1.165, 1.54) is 29.2 Å². The van der Waals surface area contributed by atoms with Gasteiger partial charge in [-0.3, -0.25) is 0 Å². The van der Waals surface area contributed by atoms with E-state index in [1.807, 2.05) is 0 Å². The fourth-order valence-electron chi connectivity index (χ4n) is 3.39. The van der Waals surface area contributed by atoms with Crippen molar-refractivity contribution in [3.8, 4) is 0 Å². The molecule has 1 fully saturated rings. The molecule has 3 rings (SSSR count). The Kier molecular flexibility index (Phi) is 3.08. The van der Waals surface area contributed by atoms with Crippen molar-refractivity contribution in [2.75, 3.05) is 20.6 Å². The Hall–Kier alpha value is -1.38. The van der Waals surface area contributed by atoms with E-state index >= 15 is 0 Å². The summed E-state index contributed by atoms with van der Waals surface area (Å²) in [5.74, 6) is 0. The van der Waals surface area contributed by atoms with Gasteiger partial charge in [0.15, 0.2) is 0 Å². The van der Waals surface area contributed by atoms with Crippen molar-refractivity contribution < 1.29 is 0 Å². The first kappa shape index (κ1) is 12.6. The number of nitrogens with zero attached hydrogens (tertiary/aromatic N) is 1. The van der Waals surface area contributed by atoms with E-state index in [-0.39, 0.29) is 5.41 Å². The molecule has 1 atom stereocenters. The van der Waals surface area contributed by atoms with Crippen LogP contribution in [-0.4, -0.2) is 25.5 Å². The molecule has 1 saturated carbocycles. The molecule has 2 heteroatoms. The van der Waals surface area contributed by atoms with Crippen LogP contribution in [0.3, 0.4) is 0 Å². The number of hydrogen-bond acceptors (Lipinski definition) is 2. The maximum atomic E-state index is 6.06. The summed E-state index contributed by atoms with van der Waals surface area (Å²) < 4.78 is 0. The van der Waals surface area contributed by atoms with Crippen molar-refractivity contribution in [3.05, 3.63) is 48.0 Å². The summed E-state index contributed by atoms with van der Waals surface area (Å²) in [7, 11) is 4.34. The Labute approximate surface area is 115 Å². The minimum absolute atomic E-state index is 0.285. The van der Waals surface area contributed by atoms with Gasteiger partial charge in [-0.1, -0.05) is 42.5 Å². The summed E-state index contributed by atoms with van der Waals surface area (Å²) >= 11 is 0. The van der Waals surface area contributed by atoms with E-state index in [0.717, 1.165) is 6.54 Å². The highest BCUT2D eigenvalue weighted by molar-refractivity contribution is 5.86. The normalized spacial score (nSPS) is 18.7. The lowest BCUT2D eigenvalue weighted by molar-refractivity contribution is 0.200. The lowest BCUT2D eigenvalue weighted by atomic mass is 9.86. The third kappa shape index (κ3) is 2.05. The molecule has 0 spiro atoms. The molecular weight excluding hydrogens is 232 g/mol. The fraction of sp³-hybridized carbons (Fsp3) is 0.412. The third-order valence-corrected chi connectivity index (χ3v) is 4.51. The molecule has 2 nitrogen and oxygen atoms in total. The molecule has 0 radical (unpaired) electrons. The number of rotatable bonds is 4. The highest BCUT2D eigenvalue weighted by Crippen LogP contribution is 2.56. The highest BCUT2D eigenvalue weighted by Gasteiger charge is 2.49. The van der Waals surface area contributed by atoms with Gasteiger partial charge in [0.2, 0.25) is 0 Å². The van der Waals surface area contributed by atoms with E-state index in [1.54, 1.807) is 0 Å². The van der Waals surface area contributed by atoms with Crippen molar-refractivity contribution in [1.29, 1.82) is 0 Å². The summed E-state index contributed by atoms with van der Waals surface area (Å²) in [6.07, 6.45) is 2.49. The first-order valence-electron chi connectivity index (χ1n) is 7.02. The number of fused-ring (bicyclic) bond motifs is 1. The Morgan fingerprint density at radius 2 is 1.79 bits per heavy atom. The molecule has 1 aliphatic rings. The Bertz CT molecular complexity index is 579. The second-order valence-electron chi connectivity index (χ2n) is 6.00. The van der Waals surface area contributed by atoms with Gasteiger partial charge in [0.05, 0.1) is 0 Å². The molecule has 0 saturated heterocycles. The minimum atomic E-state index is 0.285. The summed E-state index contributed by atoms with van der Waals surface area (Å²) in [5, 5.41) is 2.68. The number of hydrogen-bond donors (Lipinski definition) is 1. The molecule has 0 aliphatic heterocycles. The van der Waals surface area contributed by atoms with E-state index in [0.29, 0.717) is 6.04 Å². The van der Waals surface area contributed by atoms with Gasteiger partial charge < -0.3 is 10.6 Å². The lowest BCUT2D eigenvalue weighted by Gasteiger charge is -2.33. The summed E-state index contributed by atoms with van der Waals surface area (Å²) in [4.78, 5) is 2.33. The summed E-state index contributed by atoms with van der Waals surface area (Å²) in [5.41, 5.74) is 7.77. The Balaban J connectivity index is 2.16. The van der Waals surface area contributed by atoms with Crippen LogP contribution in [0.4, 0.5) is 0 Å². The van der Waals surface area contributed by atoms with E-state index < -0.39 is 0 Å². The average molecular weight is 254 g/mol. The molecule has 2 aromatic rings. The van der Waals surface area contributed by atoms with Crippen LogP contribution in [0.15, 0.2) is 42.5 Å². The number of benzene rings is 2. The highest BCUT2D eigenvalue weighted by atomic mass is 15.1. The monoisotopic (exact) mass is 254 g/mol. The zero-order valence-electron chi connectivity index (χ0n) is 11.8. The maximum Gasteiger partial charge on any atom is 0.0416 e. The van der Waals surface area contributed by atoms with Crippen LogP contribution in [0, 0.1) is 5.41 Å². The zero-order chi connectivity index (χ0) is 13.5. The van der Waals surface area contributed by atoms with Crippen molar-refractivity contribution >= 4 is 10.8 Å². The third-order valence-electron chi connectivity index (χ3n) is 4.51. The van der Waals surface area contributed by atoms with Gasteiger partial charge >= 0.3 is 0 Å². The molecule has 1 aliphatic carbocycles. The van der Waals surface area contributed by atoms with Gasteiger partial charge in [-0.25, -0.2) is 0 Å². The van der Waals surface area contributed by atoms with E-state index in [9.17, 15) is 0 Å². The van der Waals surface area contributed by atoms with Crippen LogP contribution in [-0.2, 0) is 0 Å².